The van der Waals surface area contributed by atoms with E-state index < -0.39 is 0 Å². The van der Waals surface area contributed by atoms with Crippen molar-refractivity contribution < 1.29 is 14.3 Å². The molecule has 2 aromatic carbocycles. The lowest BCUT2D eigenvalue weighted by atomic mass is 10.2. The predicted octanol–water partition coefficient (Wildman–Crippen LogP) is 3.56. The van der Waals surface area contributed by atoms with Gasteiger partial charge in [0.1, 0.15) is 12.4 Å². The van der Waals surface area contributed by atoms with Crippen LogP contribution >= 0.6 is 23.8 Å². The van der Waals surface area contributed by atoms with Crippen LogP contribution in [0.4, 0.5) is 0 Å². The number of halogens is 1. The normalized spacial score (nSPS) is 10.2. The van der Waals surface area contributed by atoms with Crippen LogP contribution < -0.4 is 15.4 Å². The maximum atomic E-state index is 12.3. The Bertz CT molecular complexity index is 755. The molecule has 0 aromatic heterocycles. The van der Waals surface area contributed by atoms with Crippen molar-refractivity contribution in [2.45, 2.75) is 13.5 Å². The Morgan fingerprint density at radius 1 is 1.15 bits per heavy atom. The van der Waals surface area contributed by atoms with E-state index in [1.807, 2.05) is 25.1 Å². The summed E-state index contributed by atoms with van der Waals surface area (Å²) >= 11 is 11.3. The summed E-state index contributed by atoms with van der Waals surface area (Å²) in [6, 6.07) is 14.3. The predicted molar refractivity (Wildman–Crippen MR) is 107 cm³/mol. The summed E-state index contributed by atoms with van der Waals surface area (Å²) in [6.45, 7) is 3.93. The lowest BCUT2D eigenvalue weighted by Gasteiger charge is -2.11. The molecule has 0 radical (unpaired) electrons. The molecule has 0 fully saturated rings. The van der Waals surface area contributed by atoms with Crippen LogP contribution in [0, 0.1) is 0 Å². The highest BCUT2D eigenvalue weighted by Gasteiger charge is 2.09. The van der Waals surface area contributed by atoms with Gasteiger partial charge < -0.3 is 14.8 Å². The molecule has 0 spiro atoms. The van der Waals surface area contributed by atoms with Crippen molar-refractivity contribution >= 4 is 34.8 Å². The molecule has 0 aliphatic rings. The zero-order valence-corrected chi connectivity index (χ0v) is 16.0. The van der Waals surface area contributed by atoms with E-state index in [9.17, 15) is 4.79 Å². The smallest absolute Gasteiger partial charge is 0.257 e. The molecule has 2 aromatic rings. The van der Waals surface area contributed by atoms with E-state index in [1.165, 1.54) is 0 Å². The van der Waals surface area contributed by atoms with E-state index in [4.69, 9.17) is 33.3 Å². The fourth-order valence-electron chi connectivity index (χ4n) is 2.13. The number of thiocarbonyl (C=S) groups is 1. The van der Waals surface area contributed by atoms with Crippen LogP contribution in [0.2, 0.25) is 5.02 Å². The first-order valence-electron chi connectivity index (χ1n) is 8.23. The molecule has 0 saturated heterocycles. The molecule has 1 amide bonds. The zero-order chi connectivity index (χ0) is 18.8. The summed E-state index contributed by atoms with van der Waals surface area (Å²) in [5, 5.41) is 6.50. The summed E-state index contributed by atoms with van der Waals surface area (Å²) in [6.07, 6.45) is 0. The van der Waals surface area contributed by atoms with Crippen molar-refractivity contribution in [3.8, 4) is 5.75 Å². The van der Waals surface area contributed by atoms with E-state index in [1.54, 1.807) is 30.3 Å². The molecule has 0 bridgehead atoms. The number of ether oxygens (including phenoxy) is 2. The maximum absolute atomic E-state index is 12.3. The lowest BCUT2D eigenvalue weighted by molar-refractivity contribution is 0.0975. The second kappa shape index (κ2) is 10.8. The maximum Gasteiger partial charge on any atom is 0.257 e. The molecule has 0 unspecified atom stereocenters. The Hall–Kier alpha value is -2.15. The summed E-state index contributed by atoms with van der Waals surface area (Å²) in [4.78, 5) is 12.3. The van der Waals surface area contributed by atoms with Crippen LogP contribution in [0.15, 0.2) is 48.5 Å². The zero-order valence-electron chi connectivity index (χ0n) is 14.5. The second-order valence-corrected chi connectivity index (χ2v) is 6.12. The topological polar surface area (TPSA) is 59.6 Å². The van der Waals surface area contributed by atoms with Gasteiger partial charge in [-0.25, -0.2) is 0 Å². The average Bonchev–Trinajstić information content (AvgIpc) is 2.65. The summed E-state index contributed by atoms with van der Waals surface area (Å²) in [7, 11) is 0. The number of rotatable bonds is 8. The fourth-order valence-corrected chi connectivity index (χ4v) is 2.49. The Morgan fingerprint density at radius 2 is 1.96 bits per heavy atom. The molecule has 0 saturated carbocycles. The molecule has 0 aliphatic heterocycles. The molecule has 26 heavy (non-hydrogen) atoms. The van der Waals surface area contributed by atoms with Gasteiger partial charge in [-0.2, -0.15) is 0 Å². The number of carbonyl (C=O) groups excluding carboxylic acids is 1. The van der Waals surface area contributed by atoms with Gasteiger partial charge in [0, 0.05) is 23.7 Å². The van der Waals surface area contributed by atoms with Crippen molar-refractivity contribution in [3.05, 3.63) is 64.7 Å². The summed E-state index contributed by atoms with van der Waals surface area (Å²) in [5.41, 5.74) is 1.36. The van der Waals surface area contributed by atoms with E-state index >= 15 is 0 Å². The molecule has 0 heterocycles. The molecule has 7 heteroatoms. The minimum Gasteiger partial charge on any atom is -0.491 e. The third kappa shape index (κ3) is 6.63. The highest BCUT2D eigenvalue weighted by Crippen LogP contribution is 2.15. The molecule has 5 nitrogen and oxygen atoms in total. The standard InChI is InChI=1S/C19H21ClN2O3S/c1-2-24-10-11-25-16-8-5-7-14(12-16)18(23)22-19(26)21-13-15-6-3-4-9-17(15)20/h3-9,12H,2,10-11,13H2,1H3,(H2,21,22,23,26). The molecular formula is C19H21ClN2O3S. The molecular weight excluding hydrogens is 372 g/mol. The Labute approximate surface area is 163 Å². The van der Waals surface area contributed by atoms with Crippen molar-refractivity contribution in [1.29, 1.82) is 0 Å². The van der Waals surface area contributed by atoms with Crippen molar-refractivity contribution in [2.75, 3.05) is 19.8 Å². The minimum absolute atomic E-state index is 0.234. The van der Waals surface area contributed by atoms with Crippen LogP contribution in [-0.4, -0.2) is 30.8 Å². The van der Waals surface area contributed by atoms with Gasteiger partial charge in [-0.05, 0) is 49.0 Å². The number of nitrogens with one attached hydrogen (secondary N) is 2. The van der Waals surface area contributed by atoms with Crippen molar-refractivity contribution in [1.82, 2.24) is 10.6 Å². The number of hydrogen-bond acceptors (Lipinski definition) is 4. The number of benzene rings is 2. The van der Waals surface area contributed by atoms with Gasteiger partial charge in [-0.1, -0.05) is 35.9 Å². The van der Waals surface area contributed by atoms with Crippen molar-refractivity contribution in [2.24, 2.45) is 0 Å². The summed E-state index contributed by atoms with van der Waals surface area (Å²) in [5.74, 6) is 0.296. The van der Waals surface area contributed by atoms with Gasteiger partial charge in [-0.3, -0.25) is 10.1 Å². The highest BCUT2D eigenvalue weighted by atomic mass is 35.5. The van der Waals surface area contributed by atoms with Crippen LogP contribution in [0.1, 0.15) is 22.8 Å². The SMILES string of the molecule is CCOCCOc1cccc(C(=O)NC(=S)NCc2ccccc2Cl)c1. The number of hydrogen-bond donors (Lipinski definition) is 2. The van der Waals surface area contributed by atoms with Gasteiger partial charge in [0.15, 0.2) is 5.11 Å². The summed E-state index contributed by atoms with van der Waals surface area (Å²) < 4.78 is 10.8. The third-order valence-electron chi connectivity index (χ3n) is 3.42. The van der Waals surface area contributed by atoms with E-state index in [0.29, 0.717) is 42.7 Å². The van der Waals surface area contributed by atoms with Gasteiger partial charge in [0.2, 0.25) is 0 Å². The lowest BCUT2D eigenvalue weighted by Crippen LogP contribution is -2.38. The first kappa shape index (κ1) is 20.2. The van der Waals surface area contributed by atoms with Gasteiger partial charge in [0.25, 0.3) is 5.91 Å². The average molecular weight is 393 g/mol. The number of amides is 1. The van der Waals surface area contributed by atoms with Crippen LogP contribution in [0.25, 0.3) is 0 Å². The van der Waals surface area contributed by atoms with Crippen LogP contribution in [0.3, 0.4) is 0 Å². The van der Waals surface area contributed by atoms with Crippen LogP contribution in [-0.2, 0) is 11.3 Å². The first-order valence-corrected chi connectivity index (χ1v) is 9.02. The monoisotopic (exact) mass is 392 g/mol. The molecule has 0 atom stereocenters. The first-order chi connectivity index (χ1) is 12.6. The fraction of sp³-hybridized carbons (Fsp3) is 0.263. The molecule has 2 N–H and O–H groups in total. The minimum atomic E-state index is -0.308. The van der Waals surface area contributed by atoms with E-state index in [0.717, 1.165) is 5.56 Å². The Kier molecular flexibility index (Phi) is 8.34. The molecule has 138 valence electrons. The van der Waals surface area contributed by atoms with E-state index in [2.05, 4.69) is 10.6 Å². The number of carbonyl (C=O) groups is 1. The van der Waals surface area contributed by atoms with Gasteiger partial charge in [0.05, 0.1) is 6.61 Å². The third-order valence-corrected chi connectivity index (χ3v) is 4.04. The van der Waals surface area contributed by atoms with Crippen molar-refractivity contribution in [3.63, 3.8) is 0 Å². The molecule has 0 aliphatic carbocycles. The van der Waals surface area contributed by atoms with Gasteiger partial charge in [-0.15, -0.1) is 0 Å². The molecule has 2 rings (SSSR count). The highest BCUT2D eigenvalue weighted by molar-refractivity contribution is 7.80. The van der Waals surface area contributed by atoms with E-state index in [-0.39, 0.29) is 11.0 Å². The quantitative estimate of drug-likeness (QED) is 0.531. The Morgan fingerprint density at radius 3 is 2.73 bits per heavy atom. The van der Waals surface area contributed by atoms with Crippen LogP contribution in [0.5, 0.6) is 5.75 Å². The second-order valence-electron chi connectivity index (χ2n) is 5.30. The largest absolute Gasteiger partial charge is 0.491 e. The Balaban J connectivity index is 1.84. The van der Waals surface area contributed by atoms with Gasteiger partial charge >= 0.3 is 0 Å².